The highest BCUT2D eigenvalue weighted by Crippen LogP contribution is 2.15. The lowest BCUT2D eigenvalue weighted by Crippen LogP contribution is -2.21. The molecule has 0 saturated heterocycles. The van der Waals surface area contributed by atoms with E-state index in [-0.39, 0.29) is 12.1 Å². The molecule has 5 heteroatoms. The third-order valence-electron chi connectivity index (χ3n) is 5.72. The Morgan fingerprint density at radius 1 is 0.781 bits per heavy atom. The number of hydrogen-bond acceptors (Lipinski definition) is 4. The Kier molecular flexibility index (Phi) is 17.4. The lowest BCUT2D eigenvalue weighted by atomic mass is 10.0. The predicted octanol–water partition coefficient (Wildman–Crippen LogP) is 7.07. The molecule has 0 radical (unpaired) electrons. The average Bonchev–Trinajstić information content (AvgIpc) is 2.78. The van der Waals surface area contributed by atoms with Crippen LogP contribution >= 0.6 is 0 Å². The first-order valence-corrected chi connectivity index (χ1v) is 12.6. The van der Waals surface area contributed by atoms with Crippen LogP contribution < -0.4 is 0 Å². The standard InChI is InChI=1S/C27H44O5/c1-24(28)31-23-26(32-22-25-18-14-13-15-19-25)20-16-11-9-7-5-3-2-4-6-8-10-12-17-21-27(29)30/h13-15,18-19,26H,2-12,16-17,20-23H2,1H3,(H,29,30). The average molecular weight is 449 g/mol. The minimum absolute atomic E-state index is 0.0387. The van der Waals surface area contributed by atoms with Crippen molar-refractivity contribution >= 4 is 11.9 Å². The molecule has 0 spiro atoms. The highest BCUT2D eigenvalue weighted by atomic mass is 16.6. The fraction of sp³-hybridized carbons (Fsp3) is 0.704. The molecule has 182 valence electrons. The van der Waals surface area contributed by atoms with E-state index in [4.69, 9.17) is 14.6 Å². The van der Waals surface area contributed by atoms with Gasteiger partial charge in [0, 0.05) is 13.3 Å². The van der Waals surface area contributed by atoms with E-state index in [1.54, 1.807) is 0 Å². The molecular formula is C27H44O5. The van der Waals surface area contributed by atoms with Gasteiger partial charge in [0.05, 0.1) is 12.7 Å². The number of carboxylic acid groups (broad SMARTS) is 1. The second-order valence-corrected chi connectivity index (χ2v) is 8.75. The quantitative estimate of drug-likeness (QED) is 0.161. The fourth-order valence-corrected chi connectivity index (χ4v) is 3.81. The van der Waals surface area contributed by atoms with E-state index in [1.807, 2.05) is 30.3 Å². The van der Waals surface area contributed by atoms with Crippen LogP contribution in [0.1, 0.15) is 109 Å². The van der Waals surface area contributed by atoms with Crippen molar-refractivity contribution in [1.29, 1.82) is 0 Å². The Labute approximate surface area is 194 Å². The van der Waals surface area contributed by atoms with Crippen LogP contribution in [-0.2, 0) is 25.7 Å². The van der Waals surface area contributed by atoms with Gasteiger partial charge in [-0.25, -0.2) is 0 Å². The number of unbranched alkanes of at least 4 members (excludes halogenated alkanes) is 12. The molecule has 0 bridgehead atoms. The predicted molar refractivity (Wildman–Crippen MR) is 129 cm³/mol. The van der Waals surface area contributed by atoms with Crippen LogP contribution in [0.15, 0.2) is 30.3 Å². The maximum Gasteiger partial charge on any atom is 0.303 e. The maximum absolute atomic E-state index is 11.1. The topological polar surface area (TPSA) is 72.8 Å². The Bertz CT molecular complexity index is 587. The molecule has 1 atom stereocenters. The van der Waals surface area contributed by atoms with Gasteiger partial charge in [-0.15, -0.1) is 0 Å². The molecule has 1 rings (SSSR count). The largest absolute Gasteiger partial charge is 0.481 e. The van der Waals surface area contributed by atoms with E-state index >= 15 is 0 Å². The van der Waals surface area contributed by atoms with Crippen molar-refractivity contribution in [2.24, 2.45) is 0 Å². The second kappa shape index (κ2) is 19.8. The number of carbonyl (C=O) groups excluding carboxylic acids is 1. The molecule has 32 heavy (non-hydrogen) atoms. The zero-order valence-electron chi connectivity index (χ0n) is 20.1. The first-order valence-electron chi connectivity index (χ1n) is 12.6. The molecule has 1 unspecified atom stereocenters. The van der Waals surface area contributed by atoms with Crippen LogP contribution in [0, 0.1) is 0 Å². The number of carboxylic acids is 1. The maximum atomic E-state index is 11.1. The number of aliphatic carboxylic acids is 1. The van der Waals surface area contributed by atoms with Gasteiger partial charge in [-0.05, 0) is 18.4 Å². The molecule has 0 saturated carbocycles. The molecule has 0 amide bonds. The molecule has 0 aromatic heterocycles. The van der Waals surface area contributed by atoms with Crippen molar-refractivity contribution in [3.8, 4) is 0 Å². The molecule has 0 aliphatic heterocycles. The van der Waals surface area contributed by atoms with E-state index in [2.05, 4.69) is 0 Å². The zero-order chi connectivity index (χ0) is 23.3. The summed E-state index contributed by atoms with van der Waals surface area (Å²) in [6.45, 7) is 2.33. The first-order chi connectivity index (χ1) is 15.6. The van der Waals surface area contributed by atoms with Gasteiger partial charge in [0.1, 0.15) is 6.61 Å². The first kappa shape index (κ1) is 28.2. The van der Waals surface area contributed by atoms with E-state index in [0.717, 1.165) is 31.2 Å². The molecule has 0 aliphatic carbocycles. The molecular weight excluding hydrogens is 404 g/mol. The zero-order valence-corrected chi connectivity index (χ0v) is 20.1. The fourth-order valence-electron chi connectivity index (χ4n) is 3.81. The van der Waals surface area contributed by atoms with E-state index in [0.29, 0.717) is 19.6 Å². The molecule has 1 N–H and O–H groups in total. The smallest absolute Gasteiger partial charge is 0.303 e. The van der Waals surface area contributed by atoms with Crippen LogP contribution in [0.25, 0.3) is 0 Å². The summed E-state index contributed by atoms with van der Waals surface area (Å²) >= 11 is 0. The molecule has 0 heterocycles. The Morgan fingerprint density at radius 3 is 1.78 bits per heavy atom. The number of carbonyl (C=O) groups is 2. The summed E-state index contributed by atoms with van der Waals surface area (Å²) in [5.41, 5.74) is 1.14. The Morgan fingerprint density at radius 2 is 1.28 bits per heavy atom. The summed E-state index contributed by atoms with van der Waals surface area (Å²) in [6, 6.07) is 10.1. The summed E-state index contributed by atoms with van der Waals surface area (Å²) in [5.74, 6) is -0.931. The van der Waals surface area contributed by atoms with Gasteiger partial charge in [0.15, 0.2) is 0 Å². The number of esters is 1. The van der Waals surface area contributed by atoms with Crippen LogP contribution in [0.5, 0.6) is 0 Å². The lowest BCUT2D eigenvalue weighted by Gasteiger charge is -2.17. The highest BCUT2D eigenvalue weighted by molar-refractivity contribution is 5.66. The monoisotopic (exact) mass is 448 g/mol. The van der Waals surface area contributed by atoms with E-state index in [9.17, 15) is 9.59 Å². The third kappa shape index (κ3) is 17.8. The molecule has 0 fully saturated rings. The Hall–Kier alpha value is -1.88. The molecule has 0 aliphatic rings. The lowest BCUT2D eigenvalue weighted by molar-refractivity contribution is -0.146. The SMILES string of the molecule is CC(=O)OCC(CCCCCCCCCCCCCCCC(=O)O)OCc1ccccc1. The van der Waals surface area contributed by atoms with Gasteiger partial charge < -0.3 is 14.6 Å². The molecule has 1 aromatic carbocycles. The minimum atomic E-state index is -0.678. The van der Waals surface area contributed by atoms with Crippen LogP contribution in [-0.4, -0.2) is 29.8 Å². The van der Waals surface area contributed by atoms with Gasteiger partial charge in [-0.2, -0.15) is 0 Å². The summed E-state index contributed by atoms with van der Waals surface area (Å²) in [6.07, 6.45) is 16.8. The van der Waals surface area contributed by atoms with Crippen LogP contribution in [0.3, 0.4) is 0 Å². The van der Waals surface area contributed by atoms with Crippen molar-refractivity contribution in [1.82, 2.24) is 0 Å². The Balaban J connectivity index is 1.97. The second-order valence-electron chi connectivity index (χ2n) is 8.75. The van der Waals surface area contributed by atoms with Gasteiger partial charge in [-0.1, -0.05) is 107 Å². The van der Waals surface area contributed by atoms with Gasteiger partial charge >= 0.3 is 11.9 Å². The minimum Gasteiger partial charge on any atom is -0.481 e. The van der Waals surface area contributed by atoms with Crippen LogP contribution in [0.2, 0.25) is 0 Å². The summed E-state index contributed by atoms with van der Waals surface area (Å²) in [7, 11) is 0. The number of benzene rings is 1. The molecule has 1 aromatic rings. The van der Waals surface area contributed by atoms with Crippen molar-refractivity contribution in [2.45, 2.75) is 116 Å². The van der Waals surface area contributed by atoms with Crippen LogP contribution in [0.4, 0.5) is 0 Å². The number of rotatable bonds is 21. The van der Waals surface area contributed by atoms with Crippen molar-refractivity contribution in [3.63, 3.8) is 0 Å². The van der Waals surface area contributed by atoms with Crippen molar-refractivity contribution in [2.75, 3.05) is 6.61 Å². The summed E-state index contributed by atoms with van der Waals surface area (Å²) in [4.78, 5) is 21.6. The van der Waals surface area contributed by atoms with Crippen molar-refractivity contribution < 1.29 is 24.2 Å². The number of ether oxygens (including phenoxy) is 2. The summed E-state index contributed by atoms with van der Waals surface area (Å²) < 4.78 is 11.2. The van der Waals surface area contributed by atoms with Gasteiger partial charge in [-0.3, -0.25) is 9.59 Å². The normalized spacial score (nSPS) is 11.9. The highest BCUT2D eigenvalue weighted by Gasteiger charge is 2.11. The third-order valence-corrected chi connectivity index (χ3v) is 5.72. The van der Waals surface area contributed by atoms with E-state index in [1.165, 1.54) is 71.1 Å². The summed E-state index contributed by atoms with van der Waals surface area (Å²) in [5, 5.41) is 8.61. The van der Waals surface area contributed by atoms with Gasteiger partial charge in [0.2, 0.25) is 0 Å². The number of hydrogen-bond donors (Lipinski definition) is 1. The molecule has 5 nitrogen and oxygen atoms in total. The van der Waals surface area contributed by atoms with E-state index < -0.39 is 5.97 Å². The van der Waals surface area contributed by atoms with Crippen molar-refractivity contribution in [3.05, 3.63) is 35.9 Å². The van der Waals surface area contributed by atoms with Gasteiger partial charge in [0.25, 0.3) is 0 Å².